The molecule has 0 amide bonds. The first-order valence-electron chi connectivity index (χ1n) is 5.73. The van der Waals surface area contributed by atoms with Crippen molar-refractivity contribution in [2.45, 2.75) is 4.21 Å². The van der Waals surface area contributed by atoms with Crippen molar-refractivity contribution in [2.75, 3.05) is 33.2 Å². The van der Waals surface area contributed by atoms with E-state index in [0.29, 0.717) is 17.4 Å². The van der Waals surface area contributed by atoms with Crippen LogP contribution in [0, 0.1) is 0 Å². The Balaban J connectivity index is 1.79. The predicted molar refractivity (Wildman–Crippen MR) is 77.5 cm³/mol. The molecule has 1 aromatic rings. The molecule has 0 saturated carbocycles. The van der Waals surface area contributed by atoms with E-state index in [1.54, 1.807) is 6.07 Å². The lowest BCUT2D eigenvalue weighted by Crippen LogP contribution is -2.40. The van der Waals surface area contributed by atoms with Crippen molar-refractivity contribution in [3.05, 3.63) is 16.5 Å². The van der Waals surface area contributed by atoms with E-state index < -0.39 is 10.0 Å². The van der Waals surface area contributed by atoms with Gasteiger partial charge in [0, 0.05) is 26.7 Å². The van der Waals surface area contributed by atoms with Crippen molar-refractivity contribution in [1.29, 1.82) is 0 Å². The van der Waals surface area contributed by atoms with E-state index in [9.17, 15) is 8.42 Å². The van der Waals surface area contributed by atoms with Crippen LogP contribution < -0.4 is 10.0 Å². The van der Waals surface area contributed by atoms with Crippen LogP contribution in [0.25, 0.3) is 0 Å². The zero-order valence-corrected chi connectivity index (χ0v) is 12.8. The van der Waals surface area contributed by atoms with Crippen LogP contribution in [-0.2, 0) is 10.0 Å². The minimum Gasteiger partial charge on any atom is -0.355 e. The van der Waals surface area contributed by atoms with E-state index in [0.717, 1.165) is 30.4 Å². The van der Waals surface area contributed by atoms with Gasteiger partial charge in [-0.25, -0.2) is 13.1 Å². The van der Waals surface area contributed by atoms with Crippen LogP contribution in [0.5, 0.6) is 0 Å². The van der Waals surface area contributed by atoms with Gasteiger partial charge in [-0.1, -0.05) is 11.6 Å². The average molecular weight is 323 g/mol. The molecule has 1 aromatic heterocycles. The number of hydrogen-bond acceptors (Lipinski definition) is 6. The second-order valence-corrected chi connectivity index (χ2v) is 7.72. The molecule has 0 radical (unpaired) electrons. The number of rotatable bonds is 5. The molecule has 19 heavy (non-hydrogen) atoms. The van der Waals surface area contributed by atoms with Gasteiger partial charge in [0.2, 0.25) is 10.0 Å². The first-order valence-corrected chi connectivity index (χ1v) is 8.41. The maximum Gasteiger partial charge on any atom is 0.250 e. The van der Waals surface area contributed by atoms with E-state index in [4.69, 9.17) is 11.6 Å². The van der Waals surface area contributed by atoms with Gasteiger partial charge in [0.1, 0.15) is 4.21 Å². The Kier molecular flexibility index (Phi) is 4.67. The van der Waals surface area contributed by atoms with Crippen LogP contribution in [0.3, 0.4) is 0 Å². The van der Waals surface area contributed by atoms with Crippen LogP contribution in [0.15, 0.2) is 21.3 Å². The highest BCUT2D eigenvalue weighted by Crippen LogP contribution is 2.24. The number of hydrogen-bond donors (Lipinski definition) is 2. The molecule has 0 spiro atoms. The second-order valence-electron chi connectivity index (χ2n) is 4.01. The lowest BCUT2D eigenvalue weighted by Gasteiger charge is -2.15. The summed E-state index contributed by atoms with van der Waals surface area (Å²) in [6.45, 7) is 2.45. The molecular weight excluding hydrogens is 308 g/mol. The van der Waals surface area contributed by atoms with Crippen LogP contribution in [0.4, 0.5) is 0 Å². The fourth-order valence-electron chi connectivity index (χ4n) is 1.60. The summed E-state index contributed by atoms with van der Waals surface area (Å²) in [4.78, 5) is 6.24. The molecule has 1 aliphatic heterocycles. The molecular formula is C10H15ClN4O2S2. The average Bonchev–Trinajstić information content (AvgIpc) is 2.94. The topological polar surface area (TPSA) is 73.8 Å². The Morgan fingerprint density at radius 1 is 1.47 bits per heavy atom. The van der Waals surface area contributed by atoms with Gasteiger partial charge in [-0.15, -0.1) is 11.3 Å². The van der Waals surface area contributed by atoms with E-state index >= 15 is 0 Å². The van der Waals surface area contributed by atoms with E-state index in [1.807, 2.05) is 11.9 Å². The third kappa shape index (κ3) is 3.82. The van der Waals surface area contributed by atoms with Gasteiger partial charge in [0.05, 0.1) is 10.9 Å². The molecule has 0 bridgehead atoms. The van der Waals surface area contributed by atoms with Gasteiger partial charge >= 0.3 is 0 Å². The van der Waals surface area contributed by atoms with E-state index in [2.05, 4.69) is 15.0 Å². The molecule has 1 aliphatic rings. The fourth-order valence-corrected chi connectivity index (χ4v) is 4.16. The lowest BCUT2D eigenvalue weighted by atomic mass is 10.6. The maximum atomic E-state index is 11.9. The third-order valence-electron chi connectivity index (χ3n) is 2.57. The Morgan fingerprint density at radius 2 is 2.26 bits per heavy atom. The van der Waals surface area contributed by atoms with Crippen molar-refractivity contribution in [3.63, 3.8) is 0 Å². The fraction of sp³-hybridized carbons (Fsp3) is 0.500. The standard InChI is InChI=1S/C10H15ClN4O2S2/c1-15-7-6-13-10(15)12-4-5-14-19(16,17)9-3-2-8(11)18-9/h2-3,14H,4-7H2,1H3,(H,12,13). The molecule has 9 heteroatoms. The summed E-state index contributed by atoms with van der Waals surface area (Å²) in [6.07, 6.45) is 0. The highest BCUT2D eigenvalue weighted by Gasteiger charge is 2.16. The minimum atomic E-state index is -3.46. The van der Waals surface area contributed by atoms with Crippen molar-refractivity contribution >= 4 is 38.9 Å². The predicted octanol–water partition coefficient (Wildman–Crippen LogP) is 0.571. The van der Waals surface area contributed by atoms with Gasteiger partial charge < -0.3 is 10.2 Å². The van der Waals surface area contributed by atoms with Crippen molar-refractivity contribution in [3.8, 4) is 0 Å². The Bertz CT molecular complexity index is 570. The molecule has 6 nitrogen and oxygen atoms in total. The zero-order valence-electron chi connectivity index (χ0n) is 10.4. The van der Waals surface area contributed by atoms with Crippen molar-refractivity contribution < 1.29 is 8.42 Å². The first-order chi connectivity index (χ1) is 8.99. The zero-order chi connectivity index (χ0) is 13.9. The number of aliphatic imine (C=N–C) groups is 1. The molecule has 2 N–H and O–H groups in total. The Hall–Kier alpha value is -0.830. The lowest BCUT2D eigenvalue weighted by molar-refractivity contribution is 0.533. The normalized spacial score (nSPS) is 15.7. The number of halogens is 1. The van der Waals surface area contributed by atoms with Gasteiger partial charge in [-0.3, -0.25) is 4.99 Å². The number of likely N-dealkylation sites (N-methyl/N-ethyl adjacent to an activating group) is 1. The molecule has 0 saturated heterocycles. The Labute approximate surface area is 121 Å². The molecule has 106 valence electrons. The van der Waals surface area contributed by atoms with Crippen LogP contribution in [0.1, 0.15) is 0 Å². The van der Waals surface area contributed by atoms with Gasteiger partial charge in [0.15, 0.2) is 5.96 Å². The summed E-state index contributed by atoms with van der Waals surface area (Å²) in [5, 5.41) is 3.09. The number of nitrogens with zero attached hydrogens (tertiary/aromatic N) is 2. The minimum absolute atomic E-state index is 0.229. The maximum absolute atomic E-state index is 11.9. The largest absolute Gasteiger partial charge is 0.355 e. The highest BCUT2D eigenvalue weighted by molar-refractivity contribution is 7.91. The van der Waals surface area contributed by atoms with E-state index in [1.165, 1.54) is 6.07 Å². The SMILES string of the molecule is CN1CCN=C1NCCNS(=O)(=O)c1ccc(Cl)s1. The molecule has 0 atom stereocenters. The third-order valence-corrected chi connectivity index (χ3v) is 5.76. The molecule has 2 rings (SSSR count). The molecule has 0 unspecified atom stereocenters. The number of sulfonamides is 1. The summed E-state index contributed by atoms with van der Waals surface area (Å²) in [7, 11) is -1.52. The molecule has 2 heterocycles. The van der Waals surface area contributed by atoms with Crippen molar-refractivity contribution in [1.82, 2.24) is 14.9 Å². The summed E-state index contributed by atoms with van der Waals surface area (Å²) in [6, 6.07) is 3.07. The van der Waals surface area contributed by atoms with Crippen molar-refractivity contribution in [2.24, 2.45) is 4.99 Å². The summed E-state index contributed by atoms with van der Waals surface area (Å²) in [5.74, 6) is 0.804. The molecule has 0 aliphatic carbocycles. The molecule has 0 aromatic carbocycles. The Morgan fingerprint density at radius 3 is 2.84 bits per heavy atom. The van der Waals surface area contributed by atoms with Gasteiger partial charge in [-0.2, -0.15) is 0 Å². The van der Waals surface area contributed by atoms with Gasteiger partial charge in [0.25, 0.3) is 0 Å². The summed E-state index contributed by atoms with van der Waals surface area (Å²) < 4.78 is 27.0. The highest BCUT2D eigenvalue weighted by atomic mass is 35.5. The van der Waals surface area contributed by atoms with E-state index in [-0.39, 0.29) is 4.21 Å². The summed E-state index contributed by atoms with van der Waals surface area (Å²) in [5.41, 5.74) is 0. The quantitative estimate of drug-likeness (QED) is 0.777. The second kappa shape index (κ2) is 6.08. The number of guanidine groups is 1. The van der Waals surface area contributed by atoms with Crippen LogP contribution in [0.2, 0.25) is 4.34 Å². The first kappa shape index (κ1) is 14.6. The number of thiophene rings is 1. The van der Waals surface area contributed by atoms with Crippen LogP contribution >= 0.6 is 22.9 Å². The number of nitrogens with one attached hydrogen (secondary N) is 2. The smallest absolute Gasteiger partial charge is 0.250 e. The monoisotopic (exact) mass is 322 g/mol. The van der Waals surface area contributed by atoms with Gasteiger partial charge in [-0.05, 0) is 12.1 Å². The van der Waals surface area contributed by atoms with Crippen LogP contribution in [-0.4, -0.2) is 52.5 Å². The molecule has 0 fully saturated rings. The summed E-state index contributed by atoms with van der Waals surface area (Å²) >= 11 is 6.76.